The monoisotopic (exact) mass is 308 g/mol. The van der Waals surface area contributed by atoms with Crippen molar-refractivity contribution < 1.29 is 18.6 Å². The third-order valence-electron chi connectivity index (χ3n) is 2.09. The number of aliphatic hydroxyl groups excluding tert-OH is 1. The topological polar surface area (TPSA) is 29.5 Å². The third kappa shape index (κ3) is 4.01. The Hall–Kier alpha value is -0.520. The average Bonchev–Trinajstić information content (AvgIpc) is 2.20. The first-order valence-corrected chi connectivity index (χ1v) is 5.97. The summed E-state index contributed by atoms with van der Waals surface area (Å²) < 4.78 is 32.5. The lowest BCUT2D eigenvalue weighted by Crippen LogP contribution is -2.23. The zero-order valence-electron chi connectivity index (χ0n) is 9.93. The van der Waals surface area contributed by atoms with E-state index in [0.717, 1.165) is 6.07 Å². The number of hydrogen-bond acceptors (Lipinski definition) is 2. The Bertz CT molecular complexity index is 402. The molecule has 0 radical (unpaired) electrons. The molecule has 5 heteroatoms. The fraction of sp³-hybridized carbons (Fsp3) is 0.500. The molecule has 17 heavy (non-hydrogen) atoms. The van der Waals surface area contributed by atoms with Crippen LogP contribution in [0.3, 0.4) is 0 Å². The van der Waals surface area contributed by atoms with Crippen LogP contribution in [0, 0.1) is 11.6 Å². The second kappa shape index (κ2) is 5.42. The van der Waals surface area contributed by atoms with Gasteiger partial charge in [0.1, 0.15) is 17.7 Å². The molecular formula is C12H15BrF2O2. The van der Waals surface area contributed by atoms with Gasteiger partial charge in [0.15, 0.2) is 0 Å². The minimum absolute atomic E-state index is 0.115. The molecule has 0 aliphatic rings. The molecule has 1 aromatic rings. The molecule has 0 spiro atoms. The largest absolute Gasteiger partial charge is 0.386 e. The van der Waals surface area contributed by atoms with Crippen LogP contribution >= 0.6 is 15.9 Å². The van der Waals surface area contributed by atoms with Crippen LogP contribution in [0.15, 0.2) is 16.6 Å². The number of ether oxygens (including phenoxy) is 1. The van der Waals surface area contributed by atoms with Crippen LogP contribution < -0.4 is 0 Å². The first kappa shape index (κ1) is 14.5. The highest BCUT2D eigenvalue weighted by atomic mass is 79.9. The van der Waals surface area contributed by atoms with E-state index in [9.17, 15) is 13.9 Å². The van der Waals surface area contributed by atoms with Crippen molar-refractivity contribution in [3.8, 4) is 0 Å². The summed E-state index contributed by atoms with van der Waals surface area (Å²) in [5, 5.41) is 9.74. The lowest BCUT2D eigenvalue weighted by Gasteiger charge is -2.22. The van der Waals surface area contributed by atoms with Gasteiger partial charge in [-0.25, -0.2) is 8.78 Å². The summed E-state index contributed by atoms with van der Waals surface area (Å²) in [7, 11) is 0. The average molecular weight is 309 g/mol. The lowest BCUT2D eigenvalue weighted by molar-refractivity contribution is -0.0513. The van der Waals surface area contributed by atoms with E-state index in [1.807, 2.05) is 0 Å². The molecule has 0 saturated heterocycles. The van der Waals surface area contributed by atoms with Crippen LogP contribution in [0.5, 0.6) is 0 Å². The van der Waals surface area contributed by atoms with Gasteiger partial charge in [0, 0.05) is 0 Å². The highest BCUT2D eigenvalue weighted by Gasteiger charge is 2.22. The Morgan fingerprint density at radius 3 is 2.47 bits per heavy atom. The van der Waals surface area contributed by atoms with Gasteiger partial charge >= 0.3 is 0 Å². The first-order chi connectivity index (χ1) is 7.72. The van der Waals surface area contributed by atoms with Gasteiger partial charge in [0.25, 0.3) is 0 Å². The second-order valence-electron chi connectivity index (χ2n) is 4.70. The molecule has 1 unspecified atom stereocenters. The highest BCUT2D eigenvalue weighted by Crippen LogP contribution is 2.27. The maximum atomic E-state index is 13.6. The van der Waals surface area contributed by atoms with E-state index in [-0.39, 0.29) is 16.6 Å². The van der Waals surface area contributed by atoms with Gasteiger partial charge in [0.05, 0.1) is 22.2 Å². The fourth-order valence-electron chi connectivity index (χ4n) is 1.26. The molecule has 0 heterocycles. The summed E-state index contributed by atoms with van der Waals surface area (Å²) in [4.78, 5) is 0. The molecule has 0 aromatic heterocycles. The van der Waals surface area contributed by atoms with Gasteiger partial charge in [-0.1, -0.05) is 0 Å². The minimum Gasteiger partial charge on any atom is -0.386 e. The zero-order chi connectivity index (χ0) is 13.2. The van der Waals surface area contributed by atoms with E-state index >= 15 is 0 Å². The van der Waals surface area contributed by atoms with Crippen LogP contribution in [0.2, 0.25) is 0 Å². The van der Waals surface area contributed by atoms with Crippen LogP contribution in [-0.4, -0.2) is 17.3 Å². The van der Waals surface area contributed by atoms with E-state index in [2.05, 4.69) is 15.9 Å². The summed E-state index contributed by atoms with van der Waals surface area (Å²) in [5.74, 6) is -1.58. The molecular weight excluding hydrogens is 294 g/mol. The predicted octanol–water partition coefficient (Wildman–Crippen LogP) is 3.58. The van der Waals surface area contributed by atoms with Crippen LogP contribution in [0.1, 0.15) is 32.4 Å². The number of benzene rings is 1. The SMILES string of the molecule is CC(C)(C)OCC(O)c1c(F)ccc(Br)c1F. The molecule has 1 rings (SSSR count). The molecule has 0 fully saturated rings. The molecule has 0 aliphatic heterocycles. The van der Waals surface area contributed by atoms with Gasteiger partial charge in [-0.2, -0.15) is 0 Å². The normalized spacial score (nSPS) is 13.8. The fourth-order valence-corrected chi connectivity index (χ4v) is 1.61. The quantitative estimate of drug-likeness (QED) is 0.865. The summed E-state index contributed by atoms with van der Waals surface area (Å²) in [6, 6.07) is 2.36. The number of halogens is 3. The summed E-state index contributed by atoms with van der Waals surface area (Å²) in [6.07, 6.45) is -1.33. The van der Waals surface area contributed by atoms with Crippen molar-refractivity contribution >= 4 is 15.9 Å². The van der Waals surface area contributed by atoms with Gasteiger partial charge in [0.2, 0.25) is 0 Å². The van der Waals surface area contributed by atoms with Crippen molar-refractivity contribution in [2.75, 3.05) is 6.61 Å². The van der Waals surface area contributed by atoms with Crippen LogP contribution in [-0.2, 0) is 4.74 Å². The van der Waals surface area contributed by atoms with Crippen molar-refractivity contribution in [1.29, 1.82) is 0 Å². The molecule has 2 nitrogen and oxygen atoms in total. The van der Waals surface area contributed by atoms with E-state index in [1.54, 1.807) is 20.8 Å². The number of rotatable bonds is 3. The minimum atomic E-state index is -1.33. The van der Waals surface area contributed by atoms with Crippen molar-refractivity contribution in [2.45, 2.75) is 32.5 Å². The molecule has 96 valence electrons. The maximum absolute atomic E-state index is 13.6. The Morgan fingerprint density at radius 2 is 1.94 bits per heavy atom. The van der Waals surface area contributed by atoms with Crippen molar-refractivity contribution in [2.24, 2.45) is 0 Å². The standard InChI is InChI=1S/C12H15BrF2O2/c1-12(2,3)17-6-9(16)10-8(14)5-4-7(13)11(10)15/h4-5,9,16H,6H2,1-3H3. The van der Waals surface area contributed by atoms with E-state index in [4.69, 9.17) is 4.74 Å². The van der Waals surface area contributed by atoms with Crippen molar-refractivity contribution in [3.05, 3.63) is 33.8 Å². The van der Waals surface area contributed by atoms with Gasteiger partial charge in [-0.05, 0) is 48.8 Å². The Balaban J connectivity index is 2.89. The third-order valence-corrected chi connectivity index (χ3v) is 2.70. The highest BCUT2D eigenvalue weighted by molar-refractivity contribution is 9.10. The molecule has 0 aliphatic carbocycles. The Labute approximate surface area is 108 Å². The van der Waals surface area contributed by atoms with E-state index in [0.29, 0.717) is 0 Å². The van der Waals surface area contributed by atoms with Crippen molar-refractivity contribution in [1.82, 2.24) is 0 Å². The molecule has 1 atom stereocenters. The first-order valence-electron chi connectivity index (χ1n) is 5.18. The Kier molecular flexibility index (Phi) is 4.63. The van der Waals surface area contributed by atoms with Gasteiger partial charge in [-0.15, -0.1) is 0 Å². The Morgan fingerprint density at radius 1 is 1.35 bits per heavy atom. The predicted molar refractivity (Wildman–Crippen MR) is 64.7 cm³/mol. The molecule has 0 amide bonds. The van der Waals surface area contributed by atoms with Crippen LogP contribution in [0.4, 0.5) is 8.78 Å². The molecule has 1 N–H and O–H groups in total. The second-order valence-corrected chi connectivity index (χ2v) is 5.55. The van der Waals surface area contributed by atoms with Crippen LogP contribution in [0.25, 0.3) is 0 Å². The van der Waals surface area contributed by atoms with Gasteiger partial charge < -0.3 is 9.84 Å². The summed E-state index contributed by atoms with van der Waals surface area (Å²) >= 11 is 2.95. The van der Waals surface area contributed by atoms with E-state index < -0.39 is 23.3 Å². The summed E-state index contributed by atoms with van der Waals surface area (Å²) in [6.45, 7) is 5.24. The van der Waals surface area contributed by atoms with Crippen molar-refractivity contribution in [3.63, 3.8) is 0 Å². The lowest BCUT2D eigenvalue weighted by atomic mass is 10.1. The molecule has 1 aromatic carbocycles. The smallest absolute Gasteiger partial charge is 0.146 e. The summed E-state index contributed by atoms with van der Waals surface area (Å²) in [5.41, 5.74) is -0.844. The van der Waals surface area contributed by atoms with E-state index in [1.165, 1.54) is 6.07 Å². The molecule has 0 saturated carbocycles. The number of aliphatic hydroxyl groups is 1. The zero-order valence-corrected chi connectivity index (χ0v) is 11.5. The number of hydrogen-bond donors (Lipinski definition) is 1. The molecule has 0 bridgehead atoms. The maximum Gasteiger partial charge on any atom is 0.146 e. The van der Waals surface area contributed by atoms with Gasteiger partial charge in [-0.3, -0.25) is 0 Å².